The number of imidazole rings is 1. The third-order valence-electron chi connectivity index (χ3n) is 2.76. The fraction of sp³-hybridized carbons (Fsp3) is 0.154. The molecule has 3 aromatic rings. The Morgan fingerprint density at radius 2 is 2.12 bits per heavy atom. The third-order valence-corrected chi connectivity index (χ3v) is 3.06. The number of rotatable bonds is 1. The molecule has 0 aliphatic heterocycles. The average Bonchev–Trinajstić information content (AvgIpc) is 2.82. The first-order chi connectivity index (χ1) is 8.15. The van der Waals surface area contributed by atoms with E-state index in [1.165, 1.54) is 0 Å². The summed E-state index contributed by atoms with van der Waals surface area (Å²) in [6, 6.07) is 7.67. The van der Waals surface area contributed by atoms with Crippen molar-refractivity contribution in [2.75, 3.05) is 0 Å². The van der Waals surface area contributed by atoms with Crippen LogP contribution in [0.5, 0.6) is 0 Å². The van der Waals surface area contributed by atoms with Gasteiger partial charge in [-0.15, -0.1) is 0 Å². The van der Waals surface area contributed by atoms with E-state index in [1.54, 1.807) is 0 Å². The van der Waals surface area contributed by atoms with E-state index in [0.29, 0.717) is 5.02 Å². The Morgan fingerprint density at radius 1 is 1.29 bits per heavy atom. The standard InChI is InChI=1S/C13H11ClN2O/c1-7-6-9(8(2)17-7)13-15-11-5-3-4-10(14)12(11)16-13/h3-6H,1-2H3,(H,15,16). The number of hydrogen-bond donors (Lipinski definition) is 1. The fourth-order valence-corrected chi connectivity index (χ4v) is 2.21. The minimum absolute atomic E-state index is 0.655. The molecule has 0 unspecified atom stereocenters. The Bertz CT molecular complexity index is 697. The van der Waals surface area contributed by atoms with Gasteiger partial charge in [0.15, 0.2) is 0 Å². The maximum atomic E-state index is 6.10. The van der Waals surface area contributed by atoms with Crippen LogP contribution in [0, 0.1) is 13.8 Å². The second kappa shape index (κ2) is 3.64. The Hall–Kier alpha value is -1.74. The molecule has 17 heavy (non-hydrogen) atoms. The van der Waals surface area contributed by atoms with Crippen molar-refractivity contribution in [3.8, 4) is 11.4 Å². The van der Waals surface area contributed by atoms with Crippen LogP contribution in [0.15, 0.2) is 28.7 Å². The molecule has 0 bridgehead atoms. The van der Waals surface area contributed by atoms with Gasteiger partial charge >= 0.3 is 0 Å². The first kappa shape index (κ1) is 10.4. The zero-order valence-corrected chi connectivity index (χ0v) is 10.3. The Kier molecular flexibility index (Phi) is 2.23. The van der Waals surface area contributed by atoms with Crippen molar-refractivity contribution < 1.29 is 4.42 Å². The summed E-state index contributed by atoms with van der Waals surface area (Å²) < 4.78 is 5.50. The van der Waals surface area contributed by atoms with Crippen molar-refractivity contribution >= 4 is 22.6 Å². The van der Waals surface area contributed by atoms with Gasteiger partial charge in [-0.1, -0.05) is 17.7 Å². The first-order valence-corrected chi connectivity index (χ1v) is 5.74. The lowest BCUT2D eigenvalue weighted by Gasteiger charge is -1.90. The van der Waals surface area contributed by atoms with Crippen molar-refractivity contribution in [1.82, 2.24) is 9.97 Å². The molecule has 0 aliphatic carbocycles. The molecule has 4 heteroatoms. The number of benzene rings is 1. The number of aryl methyl sites for hydroxylation is 2. The van der Waals surface area contributed by atoms with Crippen molar-refractivity contribution in [2.24, 2.45) is 0 Å². The molecule has 0 amide bonds. The smallest absolute Gasteiger partial charge is 0.142 e. The van der Waals surface area contributed by atoms with Gasteiger partial charge in [0, 0.05) is 0 Å². The average molecular weight is 247 g/mol. The number of nitrogens with one attached hydrogen (secondary N) is 1. The van der Waals surface area contributed by atoms with E-state index in [0.717, 1.165) is 33.9 Å². The van der Waals surface area contributed by atoms with Gasteiger partial charge in [0.2, 0.25) is 0 Å². The highest BCUT2D eigenvalue weighted by Gasteiger charge is 2.12. The van der Waals surface area contributed by atoms with Gasteiger partial charge in [0.1, 0.15) is 22.9 Å². The van der Waals surface area contributed by atoms with Crippen LogP contribution in [0.2, 0.25) is 5.02 Å². The number of fused-ring (bicyclic) bond motifs is 1. The maximum Gasteiger partial charge on any atom is 0.142 e. The molecule has 0 spiro atoms. The second-order valence-corrected chi connectivity index (χ2v) is 4.46. The topological polar surface area (TPSA) is 41.8 Å². The molecule has 0 saturated heterocycles. The summed E-state index contributed by atoms with van der Waals surface area (Å²) in [7, 11) is 0. The van der Waals surface area contributed by atoms with Crippen LogP contribution >= 0.6 is 11.6 Å². The predicted molar refractivity (Wildman–Crippen MR) is 68.3 cm³/mol. The Morgan fingerprint density at radius 3 is 2.76 bits per heavy atom. The molecule has 0 saturated carbocycles. The summed E-state index contributed by atoms with van der Waals surface area (Å²) in [4.78, 5) is 7.76. The highest BCUT2D eigenvalue weighted by Crippen LogP contribution is 2.28. The molecule has 2 aromatic heterocycles. The molecule has 0 aliphatic rings. The summed E-state index contributed by atoms with van der Waals surface area (Å²) in [5, 5.41) is 0.655. The zero-order chi connectivity index (χ0) is 12.0. The van der Waals surface area contributed by atoms with E-state index < -0.39 is 0 Å². The largest absolute Gasteiger partial charge is 0.466 e. The summed E-state index contributed by atoms with van der Waals surface area (Å²) >= 11 is 6.10. The van der Waals surface area contributed by atoms with Gasteiger partial charge in [0.25, 0.3) is 0 Å². The van der Waals surface area contributed by atoms with Crippen LogP contribution in [0.25, 0.3) is 22.4 Å². The minimum Gasteiger partial charge on any atom is -0.466 e. The van der Waals surface area contributed by atoms with Gasteiger partial charge < -0.3 is 9.40 Å². The van der Waals surface area contributed by atoms with Crippen LogP contribution in [-0.4, -0.2) is 9.97 Å². The number of hydrogen-bond acceptors (Lipinski definition) is 2. The maximum absolute atomic E-state index is 6.10. The number of furan rings is 1. The van der Waals surface area contributed by atoms with Crippen molar-refractivity contribution in [3.05, 3.63) is 40.8 Å². The van der Waals surface area contributed by atoms with Crippen LogP contribution in [0.4, 0.5) is 0 Å². The number of aromatic nitrogens is 2. The predicted octanol–water partition coefficient (Wildman–Crippen LogP) is 4.09. The normalized spacial score (nSPS) is 11.2. The molecule has 3 nitrogen and oxygen atoms in total. The Labute approximate surface area is 103 Å². The van der Waals surface area contributed by atoms with E-state index in [1.807, 2.05) is 38.1 Å². The molecule has 3 rings (SSSR count). The van der Waals surface area contributed by atoms with Gasteiger partial charge in [-0.2, -0.15) is 0 Å². The van der Waals surface area contributed by atoms with E-state index >= 15 is 0 Å². The monoisotopic (exact) mass is 246 g/mol. The van der Waals surface area contributed by atoms with E-state index in [-0.39, 0.29) is 0 Å². The molecular weight excluding hydrogens is 236 g/mol. The number of H-pyrrole nitrogens is 1. The number of halogens is 1. The van der Waals surface area contributed by atoms with Gasteiger partial charge in [-0.25, -0.2) is 4.98 Å². The molecule has 86 valence electrons. The Balaban J connectivity index is 2.25. The molecule has 2 heterocycles. The van der Waals surface area contributed by atoms with Crippen molar-refractivity contribution in [3.63, 3.8) is 0 Å². The lowest BCUT2D eigenvalue weighted by atomic mass is 10.2. The summed E-state index contributed by atoms with van der Waals surface area (Å²) in [5.74, 6) is 2.53. The number of aromatic amines is 1. The van der Waals surface area contributed by atoms with Crippen LogP contribution in [-0.2, 0) is 0 Å². The highest BCUT2D eigenvalue weighted by molar-refractivity contribution is 6.34. The van der Waals surface area contributed by atoms with Crippen LogP contribution in [0.3, 0.4) is 0 Å². The molecule has 0 atom stereocenters. The van der Waals surface area contributed by atoms with Gasteiger partial charge in [0.05, 0.1) is 16.1 Å². The summed E-state index contributed by atoms with van der Waals surface area (Å²) in [6.45, 7) is 3.85. The van der Waals surface area contributed by atoms with E-state index in [4.69, 9.17) is 16.0 Å². The molecule has 0 fully saturated rings. The highest BCUT2D eigenvalue weighted by atomic mass is 35.5. The molecular formula is C13H11ClN2O. The summed E-state index contributed by atoms with van der Waals surface area (Å²) in [5.41, 5.74) is 2.71. The number of nitrogens with zero attached hydrogens (tertiary/aromatic N) is 1. The molecule has 0 radical (unpaired) electrons. The molecule has 1 aromatic carbocycles. The SMILES string of the molecule is Cc1cc(-c2nc3c(Cl)cccc3[nH]2)c(C)o1. The lowest BCUT2D eigenvalue weighted by Crippen LogP contribution is -1.79. The minimum atomic E-state index is 0.655. The van der Waals surface area contributed by atoms with E-state index in [9.17, 15) is 0 Å². The van der Waals surface area contributed by atoms with Crippen LogP contribution < -0.4 is 0 Å². The zero-order valence-electron chi connectivity index (χ0n) is 9.54. The fourth-order valence-electron chi connectivity index (χ4n) is 1.99. The van der Waals surface area contributed by atoms with Gasteiger partial charge in [-0.3, -0.25) is 0 Å². The van der Waals surface area contributed by atoms with Gasteiger partial charge in [-0.05, 0) is 32.0 Å². The quantitative estimate of drug-likeness (QED) is 0.703. The molecule has 1 N–H and O–H groups in total. The van der Waals surface area contributed by atoms with E-state index in [2.05, 4.69) is 9.97 Å². The van der Waals surface area contributed by atoms with Crippen LogP contribution in [0.1, 0.15) is 11.5 Å². The summed E-state index contributed by atoms with van der Waals surface area (Å²) in [6.07, 6.45) is 0. The second-order valence-electron chi connectivity index (χ2n) is 4.05. The lowest BCUT2D eigenvalue weighted by molar-refractivity contribution is 0.505. The van der Waals surface area contributed by atoms with Crippen molar-refractivity contribution in [2.45, 2.75) is 13.8 Å². The first-order valence-electron chi connectivity index (χ1n) is 5.37. The third kappa shape index (κ3) is 1.63. The number of para-hydroxylation sites is 1. The van der Waals surface area contributed by atoms with Crippen molar-refractivity contribution in [1.29, 1.82) is 0 Å².